The van der Waals surface area contributed by atoms with E-state index in [2.05, 4.69) is 5.32 Å². The van der Waals surface area contributed by atoms with Gasteiger partial charge in [-0.05, 0) is 36.1 Å². The Morgan fingerprint density at radius 1 is 1.00 bits per heavy atom. The molecule has 0 bridgehead atoms. The van der Waals surface area contributed by atoms with E-state index in [9.17, 15) is 17.8 Å². The number of carbonyl (C=O) groups is 1. The lowest BCUT2D eigenvalue weighted by molar-refractivity contribution is 0.135. The minimum Gasteiger partial charge on any atom is -0.744 e. The lowest BCUT2D eigenvalue weighted by atomic mass is 9.98. The van der Waals surface area contributed by atoms with Crippen molar-refractivity contribution in [3.8, 4) is 0 Å². The Hall–Kier alpha value is -3.16. The van der Waals surface area contributed by atoms with Gasteiger partial charge in [0.05, 0.1) is 10.9 Å². The molecule has 0 aromatic heterocycles. The predicted molar refractivity (Wildman–Crippen MR) is 112 cm³/mol. The van der Waals surface area contributed by atoms with Gasteiger partial charge in [0.2, 0.25) is 0 Å². The Balaban J connectivity index is 1.82. The minimum absolute atomic E-state index is 0.110. The third-order valence-corrected chi connectivity index (χ3v) is 5.55. The van der Waals surface area contributed by atoms with Gasteiger partial charge < -0.3 is 14.6 Å². The molecule has 7 heteroatoms. The van der Waals surface area contributed by atoms with Crippen LogP contribution >= 0.6 is 0 Å². The van der Waals surface area contributed by atoms with Crippen LogP contribution in [0, 0.1) is 6.92 Å². The molecule has 0 radical (unpaired) electrons. The summed E-state index contributed by atoms with van der Waals surface area (Å²) >= 11 is 0. The molecule has 1 N–H and O–H groups in total. The second kappa shape index (κ2) is 9.56. The van der Waals surface area contributed by atoms with Gasteiger partial charge in [0.1, 0.15) is 16.7 Å². The van der Waals surface area contributed by atoms with Crippen LogP contribution in [-0.4, -0.2) is 19.1 Å². The number of amides is 1. The van der Waals surface area contributed by atoms with E-state index in [1.807, 2.05) is 67.6 Å². The first-order valence-corrected chi connectivity index (χ1v) is 10.8. The van der Waals surface area contributed by atoms with Crippen molar-refractivity contribution >= 4 is 16.2 Å². The molecule has 3 aromatic rings. The molecular weight excluding hydrogens is 402 g/mol. The van der Waals surface area contributed by atoms with E-state index in [1.54, 1.807) is 12.1 Å². The van der Waals surface area contributed by atoms with Gasteiger partial charge in [0.25, 0.3) is 0 Å². The van der Waals surface area contributed by atoms with Crippen molar-refractivity contribution in [2.75, 3.05) is 0 Å². The van der Waals surface area contributed by atoms with Crippen molar-refractivity contribution < 1.29 is 22.5 Å². The zero-order valence-electron chi connectivity index (χ0n) is 16.4. The number of hydrogen-bond acceptors (Lipinski definition) is 5. The summed E-state index contributed by atoms with van der Waals surface area (Å²) in [6, 6.07) is 22.4. The summed E-state index contributed by atoms with van der Waals surface area (Å²) in [5, 5.41) is 2.79. The smallest absolute Gasteiger partial charge is 0.407 e. The summed E-state index contributed by atoms with van der Waals surface area (Å²) in [4.78, 5) is 12.1. The van der Waals surface area contributed by atoms with Gasteiger partial charge in [-0.3, -0.25) is 0 Å². The number of alkyl carbamates (subject to hydrolysis) is 1. The molecule has 156 valence electrons. The van der Waals surface area contributed by atoms with Gasteiger partial charge >= 0.3 is 6.09 Å². The third kappa shape index (κ3) is 5.92. The molecule has 30 heavy (non-hydrogen) atoms. The summed E-state index contributed by atoms with van der Waals surface area (Å²) < 4.78 is 40.4. The molecule has 1 amide bonds. The van der Waals surface area contributed by atoms with Gasteiger partial charge in [-0.15, -0.1) is 0 Å². The van der Waals surface area contributed by atoms with Gasteiger partial charge in [-0.25, -0.2) is 13.2 Å². The lowest BCUT2D eigenvalue weighted by Crippen LogP contribution is -2.30. The van der Waals surface area contributed by atoms with Crippen LogP contribution in [-0.2, 0) is 27.9 Å². The summed E-state index contributed by atoms with van der Waals surface area (Å²) in [5.41, 5.74) is 2.78. The summed E-state index contributed by atoms with van der Waals surface area (Å²) in [6.45, 7) is 1.92. The van der Waals surface area contributed by atoms with E-state index in [4.69, 9.17) is 4.74 Å². The zero-order chi connectivity index (χ0) is 21.6. The van der Waals surface area contributed by atoms with Gasteiger partial charge in [-0.2, -0.15) is 0 Å². The number of benzene rings is 3. The number of ether oxygens (including phenoxy) is 1. The SMILES string of the molecule is Cc1ccc(S(=O)(=O)[O-])c(C[C@@H](NC(=O)OCc2ccccc2)c2ccccc2)c1. The average Bonchev–Trinajstić information content (AvgIpc) is 2.72. The van der Waals surface area contributed by atoms with Crippen molar-refractivity contribution in [2.24, 2.45) is 0 Å². The third-order valence-electron chi connectivity index (χ3n) is 4.62. The summed E-state index contributed by atoms with van der Waals surface area (Å²) in [6.07, 6.45) is -0.505. The highest BCUT2D eigenvalue weighted by Crippen LogP contribution is 2.25. The van der Waals surface area contributed by atoms with E-state index in [1.165, 1.54) is 6.07 Å². The van der Waals surface area contributed by atoms with E-state index in [0.717, 1.165) is 16.7 Å². The molecular formula is C23H22NO5S-. The number of hydrogen-bond donors (Lipinski definition) is 1. The second-order valence-electron chi connectivity index (χ2n) is 6.94. The first-order valence-electron chi connectivity index (χ1n) is 9.40. The Bertz CT molecular complexity index is 1100. The Morgan fingerprint density at radius 2 is 1.63 bits per heavy atom. The van der Waals surface area contributed by atoms with Crippen LogP contribution in [0.15, 0.2) is 83.8 Å². The van der Waals surface area contributed by atoms with Crippen LogP contribution in [0.4, 0.5) is 4.79 Å². The van der Waals surface area contributed by atoms with E-state index in [-0.39, 0.29) is 17.9 Å². The number of rotatable bonds is 7. The molecule has 0 spiro atoms. The molecule has 0 aliphatic heterocycles. The van der Waals surface area contributed by atoms with Crippen molar-refractivity contribution in [1.29, 1.82) is 0 Å². The molecule has 0 saturated heterocycles. The maximum Gasteiger partial charge on any atom is 0.407 e. The number of aryl methyl sites for hydroxylation is 1. The Kier molecular flexibility index (Phi) is 6.87. The molecule has 0 aliphatic carbocycles. The van der Waals surface area contributed by atoms with Crippen molar-refractivity contribution in [1.82, 2.24) is 5.32 Å². The van der Waals surface area contributed by atoms with Crippen LogP contribution in [0.2, 0.25) is 0 Å². The van der Waals surface area contributed by atoms with Crippen LogP contribution in [0.25, 0.3) is 0 Å². The number of nitrogens with one attached hydrogen (secondary N) is 1. The molecule has 0 heterocycles. The average molecular weight is 424 g/mol. The molecule has 0 aliphatic rings. The first-order chi connectivity index (χ1) is 14.3. The van der Waals surface area contributed by atoms with Crippen LogP contribution < -0.4 is 5.32 Å². The molecule has 1 atom stereocenters. The molecule has 6 nitrogen and oxygen atoms in total. The molecule has 0 saturated carbocycles. The highest BCUT2D eigenvalue weighted by molar-refractivity contribution is 7.85. The normalized spacial score (nSPS) is 12.2. The Morgan fingerprint density at radius 3 is 2.27 bits per heavy atom. The molecule has 3 rings (SSSR count). The fourth-order valence-electron chi connectivity index (χ4n) is 3.18. The molecule has 0 unspecified atom stereocenters. The van der Waals surface area contributed by atoms with Crippen molar-refractivity contribution in [2.45, 2.75) is 30.9 Å². The van der Waals surface area contributed by atoms with Crippen LogP contribution in [0.3, 0.4) is 0 Å². The Labute approximate surface area is 176 Å². The number of carbonyl (C=O) groups excluding carboxylic acids is 1. The first kappa shape index (κ1) is 21.5. The van der Waals surface area contributed by atoms with Crippen molar-refractivity contribution in [3.63, 3.8) is 0 Å². The summed E-state index contributed by atoms with van der Waals surface area (Å²) in [7, 11) is -4.65. The quantitative estimate of drug-likeness (QED) is 0.576. The maximum absolute atomic E-state index is 12.4. The minimum atomic E-state index is -4.65. The fourth-order valence-corrected chi connectivity index (χ4v) is 3.87. The predicted octanol–water partition coefficient (Wildman–Crippen LogP) is 4.11. The van der Waals surface area contributed by atoms with Gasteiger partial charge in [0, 0.05) is 0 Å². The van der Waals surface area contributed by atoms with Crippen molar-refractivity contribution in [3.05, 3.63) is 101 Å². The topological polar surface area (TPSA) is 95.5 Å². The summed E-state index contributed by atoms with van der Waals surface area (Å²) in [5.74, 6) is 0. The van der Waals surface area contributed by atoms with E-state index in [0.29, 0.717) is 5.56 Å². The van der Waals surface area contributed by atoms with E-state index >= 15 is 0 Å². The van der Waals surface area contributed by atoms with Gasteiger partial charge in [0.15, 0.2) is 0 Å². The monoisotopic (exact) mass is 424 g/mol. The van der Waals surface area contributed by atoms with Crippen LogP contribution in [0.1, 0.15) is 28.3 Å². The largest absolute Gasteiger partial charge is 0.744 e. The van der Waals surface area contributed by atoms with E-state index < -0.39 is 22.3 Å². The lowest BCUT2D eigenvalue weighted by Gasteiger charge is -2.22. The zero-order valence-corrected chi connectivity index (χ0v) is 17.3. The van der Waals surface area contributed by atoms with Crippen LogP contribution in [0.5, 0.6) is 0 Å². The fraction of sp³-hybridized carbons (Fsp3) is 0.174. The van der Waals surface area contributed by atoms with Gasteiger partial charge in [-0.1, -0.05) is 78.4 Å². The second-order valence-corrected chi connectivity index (χ2v) is 8.29. The molecule has 0 fully saturated rings. The maximum atomic E-state index is 12.4. The highest BCUT2D eigenvalue weighted by atomic mass is 32.2. The molecule has 3 aromatic carbocycles. The standard InChI is InChI=1S/C23H23NO5S/c1-17-12-13-22(30(26,27)28)20(14-17)15-21(19-10-6-3-7-11-19)24-23(25)29-16-18-8-4-2-5-9-18/h2-14,21H,15-16H2,1H3,(H,24,25)(H,26,27,28)/p-1/t21-/m1/s1. The highest BCUT2D eigenvalue weighted by Gasteiger charge is 2.19.